The van der Waals surface area contributed by atoms with Gasteiger partial charge in [-0.15, -0.1) is 0 Å². The molecule has 3 N–H and O–H groups in total. The third-order valence-electron chi connectivity index (χ3n) is 3.73. The number of anilines is 1. The topological polar surface area (TPSA) is 64.3 Å². The number of carbonyl (C=O) groups excluding carboxylic acids is 1. The first kappa shape index (κ1) is 14.9. The molecule has 1 aliphatic rings. The van der Waals surface area contributed by atoms with Crippen molar-refractivity contribution in [2.75, 3.05) is 5.32 Å². The molecule has 1 aromatic carbocycles. The molecular weight excluding hydrogens is 252 g/mol. The summed E-state index contributed by atoms with van der Waals surface area (Å²) in [5.74, 6) is 0.810. The summed E-state index contributed by atoms with van der Waals surface area (Å²) in [4.78, 5) is 12.2. The Balaban J connectivity index is 2.04. The fraction of sp³-hybridized carbons (Fsp3) is 0.562. The van der Waals surface area contributed by atoms with Crippen molar-refractivity contribution >= 4 is 11.6 Å². The summed E-state index contributed by atoms with van der Waals surface area (Å²) >= 11 is 0. The predicted octanol–water partition coefficient (Wildman–Crippen LogP) is 2.85. The maximum Gasteiger partial charge on any atom is 0.229 e. The molecule has 0 saturated heterocycles. The molecule has 20 heavy (non-hydrogen) atoms. The Kier molecular flexibility index (Phi) is 4.65. The van der Waals surface area contributed by atoms with Gasteiger partial charge in [0.1, 0.15) is 5.75 Å². The summed E-state index contributed by atoms with van der Waals surface area (Å²) in [7, 11) is 0. The zero-order valence-electron chi connectivity index (χ0n) is 12.5. The maximum absolute atomic E-state index is 12.2. The highest BCUT2D eigenvalue weighted by atomic mass is 16.5. The number of amides is 1. The molecule has 4 heteroatoms. The Morgan fingerprint density at radius 2 is 2.15 bits per heavy atom. The van der Waals surface area contributed by atoms with Gasteiger partial charge in [-0.25, -0.2) is 0 Å². The third-order valence-corrected chi connectivity index (χ3v) is 3.73. The van der Waals surface area contributed by atoms with E-state index < -0.39 is 0 Å². The minimum absolute atomic E-state index is 0.00106. The van der Waals surface area contributed by atoms with Gasteiger partial charge in [0.25, 0.3) is 0 Å². The first-order chi connectivity index (χ1) is 9.47. The number of hydrogen-bond donors (Lipinski definition) is 2. The van der Waals surface area contributed by atoms with E-state index in [9.17, 15) is 4.79 Å². The van der Waals surface area contributed by atoms with Crippen LogP contribution in [0.5, 0.6) is 5.75 Å². The van der Waals surface area contributed by atoms with Crippen molar-refractivity contribution in [1.82, 2.24) is 0 Å². The molecule has 110 valence electrons. The monoisotopic (exact) mass is 276 g/mol. The summed E-state index contributed by atoms with van der Waals surface area (Å²) in [5, 5.41) is 2.99. The summed E-state index contributed by atoms with van der Waals surface area (Å²) in [6.07, 6.45) is 3.02. The molecule has 2 unspecified atom stereocenters. The number of aryl methyl sites for hydroxylation is 1. The molecule has 1 amide bonds. The van der Waals surface area contributed by atoms with E-state index in [-0.39, 0.29) is 24.0 Å². The molecule has 1 fully saturated rings. The van der Waals surface area contributed by atoms with Crippen LogP contribution in [0.3, 0.4) is 0 Å². The number of carbonyl (C=O) groups is 1. The van der Waals surface area contributed by atoms with Gasteiger partial charge >= 0.3 is 0 Å². The normalized spacial score (nSPS) is 22.1. The Labute approximate surface area is 120 Å². The zero-order valence-corrected chi connectivity index (χ0v) is 12.5. The van der Waals surface area contributed by atoms with Crippen LogP contribution in [0.15, 0.2) is 18.2 Å². The molecular formula is C16H24N2O2. The van der Waals surface area contributed by atoms with E-state index in [2.05, 4.69) is 5.32 Å². The lowest BCUT2D eigenvalue weighted by Crippen LogP contribution is -2.34. The van der Waals surface area contributed by atoms with Gasteiger partial charge in [0.05, 0.1) is 12.0 Å². The minimum Gasteiger partial charge on any atom is -0.491 e. The standard InChI is InChI=1S/C16H24N2O2/c1-10(2)20-12-7-8-15(11(3)9-12)18-16(19)13-5-4-6-14(13)17/h7-10,13-14H,4-6,17H2,1-3H3,(H,18,19). The van der Waals surface area contributed by atoms with Crippen molar-refractivity contribution < 1.29 is 9.53 Å². The number of hydrogen-bond acceptors (Lipinski definition) is 3. The van der Waals surface area contributed by atoms with Crippen LogP contribution < -0.4 is 15.8 Å². The molecule has 2 rings (SSSR count). The number of nitrogens with one attached hydrogen (secondary N) is 1. The van der Waals surface area contributed by atoms with Gasteiger partial charge in [-0.2, -0.15) is 0 Å². The van der Waals surface area contributed by atoms with Gasteiger partial charge < -0.3 is 15.8 Å². The van der Waals surface area contributed by atoms with Gasteiger partial charge in [0, 0.05) is 11.7 Å². The third kappa shape index (κ3) is 3.51. The van der Waals surface area contributed by atoms with Crippen molar-refractivity contribution in [1.29, 1.82) is 0 Å². The van der Waals surface area contributed by atoms with E-state index in [1.165, 1.54) is 0 Å². The van der Waals surface area contributed by atoms with Crippen LogP contribution in [-0.4, -0.2) is 18.1 Å². The van der Waals surface area contributed by atoms with Gasteiger partial charge in [-0.3, -0.25) is 4.79 Å². The molecule has 2 atom stereocenters. The van der Waals surface area contributed by atoms with Crippen LogP contribution >= 0.6 is 0 Å². The van der Waals surface area contributed by atoms with E-state index in [1.54, 1.807) is 0 Å². The molecule has 0 spiro atoms. The Morgan fingerprint density at radius 1 is 1.40 bits per heavy atom. The highest BCUT2D eigenvalue weighted by molar-refractivity contribution is 5.94. The van der Waals surface area contributed by atoms with Crippen LogP contribution in [0, 0.1) is 12.8 Å². The maximum atomic E-state index is 12.2. The van der Waals surface area contributed by atoms with E-state index in [0.29, 0.717) is 0 Å². The molecule has 0 aliphatic heterocycles. The number of ether oxygens (including phenoxy) is 1. The van der Waals surface area contributed by atoms with E-state index in [4.69, 9.17) is 10.5 Å². The van der Waals surface area contributed by atoms with Gasteiger partial charge in [0.15, 0.2) is 0 Å². The number of rotatable bonds is 4. The lowest BCUT2D eigenvalue weighted by molar-refractivity contribution is -0.120. The average molecular weight is 276 g/mol. The molecule has 1 aromatic rings. The predicted molar refractivity (Wildman–Crippen MR) is 80.9 cm³/mol. The Bertz CT molecular complexity index is 485. The second kappa shape index (κ2) is 6.27. The second-order valence-corrected chi connectivity index (χ2v) is 5.83. The SMILES string of the molecule is Cc1cc(OC(C)C)ccc1NC(=O)C1CCCC1N. The summed E-state index contributed by atoms with van der Waals surface area (Å²) in [6, 6.07) is 5.73. The summed E-state index contributed by atoms with van der Waals surface area (Å²) < 4.78 is 5.64. The largest absolute Gasteiger partial charge is 0.491 e. The molecule has 4 nitrogen and oxygen atoms in total. The molecule has 0 heterocycles. The van der Waals surface area contributed by atoms with Gasteiger partial charge in [-0.1, -0.05) is 6.42 Å². The fourth-order valence-electron chi connectivity index (χ4n) is 2.66. The summed E-state index contributed by atoms with van der Waals surface area (Å²) in [5.41, 5.74) is 7.81. The molecule has 0 aromatic heterocycles. The first-order valence-electron chi connectivity index (χ1n) is 7.31. The van der Waals surface area contributed by atoms with Crippen molar-refractivity contribution in [3.8, 4) is 5.75 Å². The molecule has 0 radical (unpaired) electrons. The zero-order chi connectivity index (χ0) is 14.7. The number of benzene rings is 1. The Hall–Kier alpha value is -1.55. The lowest BCUT2D eigenvalue weighted by atomic mass is 10.0. The first-order valence-corrected chi connectivity index (χ1v) is 7.31. The average Bonchev–Trinajstić information content (AvgIpc) is 2.78. The lowest BCUT2D eigenvalue weighted by Gasteiger charge is -2.17. The van der Waals surface area contributed by atoms with E-state index in [0.717, 1.165) is 36.3 Å². The fourth-order valence-corrected chi connectivity index (χ4v) is 2.66. The second-order valence-electron chi connectivity index (χ2n) is 5.83. The van der Waals surface area contributed by atoms with Crippen LogP contribution in [0.1, 0.15) is 38.7 Å². The van der Waals surface area contributed by atoms with Crippen LogP contribution in [0.25, 0.3) is 0 Å². The quantitative estimate of drug-likeness (QED) is 0.888. The summed E-state index contributed by atoms with van der Waals surface area (Å²) in [6.45, 7) is 5.95. The van der Waals surface area contributed by atoms with Crippen LogP contribution in [0.4, 0.5) is 5.69 Å². The smallest absolute Gasteiger partial charge is 0.229 e. The highest BCUT2D eigenvalue weighted by Crippen LogP contribution is 2.27. The van der Waals surface area contributed by atoms with Gasteiger partial charge in [0.2, 0.25) is 5.91 Å². The highest BCUT2D eigenvalue weighted by Gasteiger charge is 2.30. The minimum atomic E-state index is -0.0546. The van der Waals surface area contributed by atoms with Gasteiger partial charge in [-0.05, 0) is 57.4 Å². The van der Waals surface area contributed by atoms with Crippen LogP contribution in [-0.2, 0) is 4.79 Å². The van der Waals surface area contributed by atoms with Crippen molar-refractivity contribution in [3.05, 3.63) is 23.8 Å². The Morgan fingerprint density at radius 3 is 2.70 bits per heavy atom. The molecule has 1 saturated carbocycles. The molecule has 0 bridgehead atoms. The molecule has 1 aliphatic carbocycles. The van der Waals surface area contributed by atoms with E-state index >= 15 is 0 Å². The van der Waals surface area contributed by atoms with Crippen molar-refractivity contribution in [2.24, 2.45) is 11.7 Å². The van der Waals surface area contributed by atoms with Crippen LogP contribution in [0.2, 0.25) is 0 Å². The number of nitrogens with two attached hydrogens (primary N) is 1. The van der Waals surface area contributed by atoms with Crippen molar-refractivity contribution in [2.45, 2.75) is 52.2 Å². The van der Waals surface area contributed by atoms with Crippen molar-refractivity contribution in [3.63, 3.8) is 0 Å². The van der Waals surface area contributed by atoms with E-state index in [1.807, 2.05) is 39.0 Å².